The summed E-state index contributed by atoms with van der Waals surface area (Å²) in [4.78, 5) is 18.4. The van der Waals surface area contributed by atoms with Crippen molar-refractivity contribution >= 4 is 33.4 Å². The zero-order valence-corrected chi connectivity index (χ0v) is 15.8. The number of thiazole rings is 1. The Labute approximate surface area is 154 Å². The van der Waals surface area contributed by atoms with Crippen molar-refractivity contribution < 1.29 is 9.47 Å². The van der Waals surface area contributed by atoms with E-state index in [1.165, 1.54) is 11.3 Å². The first-order valence-electron chi connectivity index (χ1n) is 8.18. The third-order valence-corrected chi connectivity index (χ3v) is 5.38. The number of methoxy groups -OCH3 is 2. The largest absolute Gasteiger partial charge is 0.497 e. The Bertz CT molecular complexity index is 1250. The number of benzene rings is 2. The van der Waals surface area contributed by atoms with Crippen molar-refractivity contribution in [1.29, 1.82) is 0 Å². The molecule has 0 atom stereocenters. The summed E-state index contributed by atoms with van der Waals surface area (Å²) in [5.41, 5.74) is 4.71. The molecule has 0 N–H and O–H groups in total. The molecule has 132 valence electrons. The molecular formula is C20H18N2O3S. The molecule has 0 amide bonds. The normalized spacial score (nSPS) is 12.2. The maximum Gasteiger partial charge on any atom is 0.274 e. The number of hydrogen-bond acceptors (Lipinski definition) is 5. The van der Waals surface area contributed by atoms with Gasteiger partial charge in [-0.3, -0.25) is 4.79 Å². The third-order valence-electron chi connectivity index (χ3n) is 4.41. The summed E-state index contributed by atoms with van der Waals surface area (Å²) in [5.74, 6) is 1.37. The molecule has 0 spiro atoms. The number of rotatable bonds is 3. The predicted molar refractivity (Wildman–Crippen MR) is 105 cm³/mol. The van der Waals surface area contributed by atoms with Crippen LogP contribution in [0.2, 0.25) is 0 Å². The number of hydrogen-bond donors (Lipinski definition) is 0. The topological polar surface area (TPSA) is 52.8 Å². The summed E-state index contributed by atoms with van der Waals surface area (Å²) in [6, 6.07) is 9.62. The molecule has 0 saturated heterocycles. The van der Waals surface area contributed by atoms with Crippen LogP contribution in [-0.4, -0.2) is 23.6 Å². The van der Waals surface area contributed by atoms with E-state index in [1.54, 1.807) is 24.7 Å². The summed E-state index contributed by atoms with van der Waals surface area (Å²) in [7, 11) is 3.21. The minimum absolute atomic E-state index is 0.0598. The van der Waals surface area contributed by atoms with Crippen molar-refractivity contribution in [2.45, 2.75) is 13.8 Å². The van der Waals surface area contributed by atoms with E-state index in [0.717, 1.165) is 27.7 Å². The molecule has 0 fully saturated rings. The average molecular weight is 366 g/mol. The van der Waals surface area contributed by atoms with E-state index >= 15 is 0 Å². The highest BCUT2D eigenvalue weighted by Crippen LogP contribution is 2.25. The standard InChI is InChI=1S/C20H18N2O3S/c1-11-7-12(2)18-15(8-11)22-19(23)17(26-20(22)21-18)9-13-5-6-14(24-3)10-16(13)25-4/h5-10H,1-4H3/b17-9-. The molecule has 5 nitrogen and oxygen atoms in total. The molecular weight excluding hydrogens is 348 g/mol. The van der Waals surface area contributed by atoms with Crippen LogP contribution < -0.4 is 19.6 Å². The van der Waals surface area contributed by atoms with Gasteiger partial charge in [-0.1, -0.05) is 17.4 Å². The van der Waals surface area contributed by atoms with Crippen LogP contribution in [0.25, 0.3) is 22.1 Å². The van der Waals surface area contributed by atoms with Crippen LogP contribution in [0.15, 0.2) is 35.1 Å². The van der Waals surface area contributed by atoms with Crippen molar-refractivity contribution in [2.75, 3.05) is 14.2 Å². The van der Waals surface area contributed by atoms with Gasteiger partial charge in [0.15, 0.2) is 4.96 Å². The van der Waals surface area contributed by atoms with Gasteiger partial charge in [0.2, 0.25) is 0 Å². The van der Waals surface area contributed by atoms with Gasteiger partial charge in [-0.25, -0.2) is 9.38 Å². The van der Waals surface area contributed by atoms with Gasteiger partial charge < -0.3 is 9.47 Å². The van der Waals surface area contributed by atoms with Crippen molar-refractivity contribution in [2.24, 2.45) is 0 Å². The molecule has 0 radical (unpaired) electrons. The first-order chi connectivity index (χ1) is 12.5. The predicted octanol–water partition coefficient (Wildman–Crippen LogP) is 3.09. The van der Waals surface area contributed by atoms with Gasteiger partial charge in [0.1, 0.15) is 11.5 Å². The highest BCUT2D eigenvalue weighted by atomic mass is 32.1. The Morgan fingerprint density at radius 2 is 1.92 bits per heavy atom. The van der Waals surface area contributed by atoms with Crippen LogP contribution >= 0.6 is 11.3 Å². The molecule has 26 heavy (non-hydrogen) atoms. The second kappa shape index (κ2) is 6.14. The monoisotopic (exact) mass is 366 g/mol. The van der Waals surface area contributed by atoms with Crippen molar-refractivity contribution in [3.8, 4) is 11.5 Å². The Balaban J connectivity index is 1.97. The zero-order valence-electron chi connectivity index (χ0n) is 15.0. The summed E-state index contributed by atoms with van der Waals surface area (Å²) in [5, 5.41) is 0. The highest BCUT2D eigenvalue weighted by molar-refractivity contribution is 7.15. The van der Waals surface area contributed by atoms with E-state index in [9.17, 15) is 4.79 Å². The lowest BCUT2D eigenvalue weighted by atomic mass is 10.1. The smallest absolute Gasteiger partial charge is 0.274 e. The summed E-state index contributed by atoms with van der Waals surface area (Å²) < 4.78 is 13.0. The molecule has 4 aromatic rings. The molecule has 2 heterocycles. The first-order valence-corrected chi connectivity index (χ1v) is 8.99. The summed E-state index contributed by atoms with van der Waals surface area (Å²) >= 11 is 1.39. The Morgan fingerprint density at radius 3 is 2.65 bits per heavy atom. The molecule has 0 saturated carbocycles. The van der Waals surface area contributed by atoms with Crippen molar-refractivity contribution in [3.05, 3.63) is 61.9 Å². The van der Waals surface area contributed by atoms with Crippen LogP contribution in [0.5, 0.6) is 11.5 Å². The zero-order chi connectivity index (χ0) is 18.4. The maximum atomic E-state index is 13.0. The molecule has 0 unspecified atom stereocenters. The van der Waals surface area contributed by atoms with Crippen LogP contribution in [0, 0.1) is 13.8 Å². The van der Waals surface area contributed by atoms with E-state index < -0.39 is 0 Å². The molecule has 2 aromatic carbocycles. The van der Waals surface area contributed by atoms with Gasteiger partial charge in [-0.05, 0) is 49.2 Å². The third kappa shape index (κ3) is 2.54. The maximum absolute atomic E-state index is 13.0. The molecule has 0 aliphatic carbocycles. The van der Waals surface area contributed by atoms with Gasteiger partial charge in [-0.2, -0.15) is 0 Å². The fraction of sp³-hybridized carbons (Fsp3) is 0.200. The van der Waals surface area contributed by atoms with Crippen molar-refractivity contribution in [3.63, 3.8) is 0 Å². The lowest BCUT2D eigenvalue weighted by Gasteiger charge is -2.06. The van der Waals surface area contributed by atoms with Gasteiger partial charge >= 0.3 is 0 Å². The van der Waals surface area contributed by atoms with Crippen LogP contribution in [0.4, 0.5) is 0 Å². The quantitative estimate of drug-likeness (QED) is 0.559. The second-order valence-corrected chi connectivity index (χ2v) is 7.21. The SMILES string of the molecule is COc1ccc(/C=c2\sc3nc4c(C)cc(C)cc4n3c2=O)c(OC)c1. The average Bonchev–Trinajstić information content (AvgIpc) is 3.13. The Hall–Kier alpha value is -2.86. The lowest BCUT2D eigenvalue weighted by molar-refractivity contribution is 0.393. The van der Waals surface area contributed by atoms with E-state index in [0.29, 0.717) is 21.0 Å². The Kier molecular flexibility index (Phi) is 3.92. The van der Waals surface area contributed by atoms with E-state index in [1.807, 2.05) is 38.1 Å². The van der Waals surface area contributed by atoms with E-state index in [2.05, 4.69) is 11.1 Å². The van der Waals surface area contributed by atoms with Gasteiger partial charge in [0.25, 0.3) is 5.56 Å². The van der Waals surface area contributed by atoms with Crippen LogP contribution in [-0.2, 0) is 0 Å². The number of nitrogens with zero attached hydrogens (tertiary/aromatic N) is 2. The number of aryl methyl sites for hydroxylation is 2. The number of ether oxygens (including phenoxy) is 2. The van der Waals surface area contributed by atoms with E-state index in [4.69, 9.17) is 9.47 Å². The summed E-state index contributed by atoms with van der Waals surface area (Å²) in [6.07, 6.45) is 1.84. The molecule has 2 aromatic heterocycles. The van der Waals surface area contributed by atoms with Gasteiger partial charge in [0.05, 0.1) is 29.8 Å². The number of aromatic nitrogens is 2. The number of imidazole rings is 1. The summed E-state index contributed by atoms with van der Waals surface area (Å²) in [6.45, 7) is 4.05. The second-order valence-electron chi connectivity index (χ2n) is 6.20. The minimum atomic E-state index is -0.0598. The van der Waals surface area contributed by atoms with E-state index in [-0.39, 0.29) is 5.56 Å². The molecule has 4 rings (SSSR count). The molecule has 6 heteroatoms. The molecule has 0 aliphatic rings. The fourth-order valence-corrected chi connectivity index (χ4v) is 4.16. The van der Waals surface area contributed by atoms with Gasteiger partial charge in [-0.15, -0.1) is 0 Å². The lowest BCUT2D eigenvalue weighted by Crippen LogP contribution is -2.22. The fourth-order valence-electron chi connectivity index (χ4n) is 3.19. The highest BCUT2D eigenvalue weighted by Gasteiger charge is 2.13. The number of fused-ring (bicyclic) bond motifs is 3. The van der Waals surface area contributed by atoms with Gasteiger partial charge in [0, 0.05) is 11.6 Å². The van der Waals surface area contributed by atoms with Crippen LogP contribution in [0.1, 0.15) is 16.7 Å². The van der Waals surface area contributed by atoms with Crippen LogP contribution in [0.3, 0.4) is 0 Å². The molecule has 0 bridgehead atoms. The molecule has 0 aliphatic heterocycles. The first kappa shape index (κ1) is 16.6. The van der Waals surface area contributed by atoms with Crippen molar-refractivity contribution in [1.82, 2.24) is 9.38 Å². The Morgan fingerprint density at radius 1 is 1.12 bits per heavy atom. The minimum Gasteiger partial charge on any atom is -0.497 e.